The number of nitrogens with one attached hydrogen (secondary N) is 1. The lowest BCUT2D eigenvalue weighted by Gasteiger charge is -2.10. The summed E-state index contributed by atoms with van der Waals surface area (Å²) in [6, 6.07) is 4.50. The van der Waals surface area contributed by atoms with Crippen LogP contribution in [0.5, 0.6) is 11.5 Å². The Kier molecular flexibility index (Phi) is 3.99. The third kappa shape index (κ3) is 3.34. The maximum atomic E-state index is 11.3. The Morgan fingerprint density at radius 3 is 2.69 bits per heavy atom. The van der Waals surface area contributed by atoms with Crippen molar-refractivity contribution < 1.29 is 19.4 Å². The Labute approximate surface area is 94.0 Å². The molecule has 0 fully saturated rings. The minimum atomic E-state index is -0.539. The molecule has 0 atom stereocenters. The highest BCUT2D eigenvalue weighted by molar-refractivity contribution is 5.85. The molecule has 1 aromatic rings. The number of carbonyl (C=O) groups is 1. The van der Waals surface area contributed by atoms with Gasteiger partial charge < -0.3 is 14.6 Å². The van der Waals surface area contributed by atoms with Crippen LogP contribution in [0.15, 0.2) is 18.2 Å². The standard InChI is InChI=1S/C11H15NO4/c1-7(2)16-11(14)12-8-4-5-9(13)10(6-8)15-3/h4-7,13H,1-3H3,(H,12,14). The average Bonchev–Trinajstić information content (AvgIpc) is 2.19. The first-order valence-electron chi connectivity index (χ1n) is 4.87. The first-order valence-corrected chi connectivity index (χ1v) is 4.87. The van der Waals surface area contributed by atoms with Crippen molar-refractivity contribution in [2.45, 2.75) is 20.0 Å². The van der Waals surface area contributed by atoms with E-state index in [0.717, 1.165) is 0 Å². The van der Waals surface area contributed by atoms with Crippen LogP contribution < -0.4 is 10.1 Å². The quantitative estimate of drug-likeness (QED) is 0.775. The predicted octanol–water partition coefficient (Wildman–Crippen LogP) is 2.36. The van der Waals surface area contributed by atoms with Crippen LogP contribution in [0.25, 0.3) is 0 Å². The number of benzene rings is 1. The number of amides is 1. The second-order valence-electron chi connectivity index (χ2n) is 3.47. The van der Waals surface area contributed by atoms with Crippen LogP contribution in [0.3, 0.4) is 0 Å². The molecule has 2 N–H and O–H groups in total. The second-order valence-corrected chi connectivity index (χ2v) is 3.47. The Morgan fingerprint density at radius 1 is 1.44 bits per heavy atom. The van der Waals surface area contributed by atoms with E-state index < -0.39 is 6.09 Å². The number of anilines is 1. The van der Waals surface area contributed by atoms with Crippen molar-refractivity contribution in [3.8, 4) is 11.5 Å². The van der Waals surface area contributed by atoms with Gasteiger partial charge >= 0.3 is 6.09 Å². The van der Waals surface area contributed by atoms with Crippen molar-refractivity contribution in [3.63, 3.8) is 0 Å². The highest BCUT2D eigenvalue weighted by Gasteiger charge is 2.07. The minimum absolute atomic E-state index is 0.0188. The van der Waals surface area contributed by atoms with Crippen LogP contribution in [0, 0.1) is 0 Å². The van der Waals surface area contributed by atoms with Gasteiger partial charge in [-0.1, -0.05) is 0 Å². The molecule has 0 heterocycles. The number of hydrogen-bond acceptors (Lipinski definition) is 4. The summed E-state index contributed by atoms with van der Waals surface area (Å²) in [5, 5.41) is 11.9. The molecule has 0 radical (unpaired) electrons. The third-order valence-corrected chi connectivity index (χ3v) is 1.77. The fourth-order valence-corrected chi connectivity index (χ4v) is 1.12. The van der Waals surface area contributed by atoms with Crippen molar-refractivity contribution >= 4 is 11.8 Å². The van der Waals surface area contributed by atoms with E-state index in [0.29, 0.717) is 11.4 Å². The van der Waals surface area contributed by atoms with Crippen molar-refractivity contribution in [3.05, 3.63) is 18.2 Å². The molecule has 0 saturated heterocycles. The smallest absolute Gasteiger partial charge is 0.411 e. The number of methoxy groups -OCH3 is 1. The van der Waals surface area contributed by atoms with Gasteiger partial charge in [-0.25, -0.2) is 4.79 Å². The van der Waals surface area contributed by atoms with Crippen molar-refractivity contribution in [1.82, 2.24) is 0 Å². The second kappa shape index (κ2) is 5.25. The first-order chi connectivity index (χ1) is 7.52. The van der Waals surface area contributed by atoms with Crippen molar-refractivity contribution in [2.75, 3.05) is 12.4 Å². The van der Waals surface area contributed by atoms with Crippen LogP contribution in [0.1, 0.15) is 13.8 Å². The largest absolute Gasteiger partial charge is 0.504 e. The van der Waals surface area contributed by atoms with Gasteiger partial charge in [-0.15, -0.1) is 0 Å². The van der Waals surface area contributed by atoms with Gasteiger partial charge in [0.15, 0.2) is 11.5 Å². The number of rotatable bonds is 3. The van der Waals surface area contributed by atoms with Gasteiger partial charge in [0, 0.05) is 11.8 Å². The van der Waals surface area contributed by atoms with E-state index in [1.807, 2.05) is 0 Å². The number of phenolic OH excluding ortho intramolecular Hbond substituents is 1. The molecule has 0 aromatic heterocycles. The zero-order chi connectivity index (χ0) is 12.1. The fraction of sp³-hybridized carbons (Fsp3) is 0.364. The van der Waals surface area contributed by atoms with Crippen molar-refractivity contribution in [2.24, 2.45) is 0 Å². The summed E-state index contributed by atoms with van der Waals surface area (Å²) in [5.74, 6) is 0.313. The predicted molar refractivity (Wildman–Crippen MR) is 59.9 cm³/mol. The zero-order valence-corrected chi connectivity index (χ0v) is 9.48. The van der Waals surface area contributed by atoms with Crippen LogP contribution in [-0.4, -0.2) is 24.4 Å². The normalized spacial score (nSPS) is 10.0. The van der Waals surface area contributed by atoms with E-state index in [-0.39, 0.29) is 11.9 Å². The fourth-order valence-electron chi connectivity index (χ4n) is 1.12. The molecular formula is C11H15NO4. The van der Waals surface area contributed by atoms with Crippen LogP contribution in [0.2, 0.25) is 0 Å². The molecule has 0 bridgehead atoms. The molecule has 88 valence electrons. The molecule has 1 aromatic carbocycles. The molecular weight excluding hydrogens is 210 g/mol. The lowest BCUT2D eigenvalue weighted by atomic mass is 10.3. The molecule has 1 rings (SSSR count). The number of hydrogen-bond donors (Lipinski definition) is 2. The van der Waals surface area contributed by atoms with Gasteiger partial charge in [0.05, 0.1) is 13.2 Å². The van der Waals surface area contributed by atoms with E-state index in [9.17, 15) is 9.90 Å². The number of carbonyl (C=O) groups excluding carboxylic acids is 1. The van der Waals surface area contributed by atoms with Crippen LogP contribution in [0.4, 0.5) is 10.5 Å². The molecule has 0 aliphatic rings. The number of phenols is 1. The highest BCUT2D eigenvalue weighted by Crippen LogP contribution is 2.28. The van der Waals surface area contributed by atoms with E-state index in [4.69, 9.17) is 9.47 Å². The average molecular weight is 225 g/mol. The number of aromatic hydroxyl groups is 1. The lowest BCUT2D eigenvalue weighted by Crippen LogP contribution is -2.17. The van der Waals surface area contributed by atoms with Gasteiger partial charge in [-0.05, 0) is 26.0 Å². The molecule has 1 amide bonds. The summed E-state index contributed by atoms with van der Waals surface area (Å²) >= 11 is 0. The Bertz CT molecular complexity index is 376. The number of ether oxygens (including phenoxy) is 2. The SMILES string of the molecule is COc1cc(NC(=O)OC(C)C)ccc1O. The van der Waals surface area contributed by atoms with E-state index >= 15 is 0 Å². The first kappa shape index (κ1) is 12.2. The molecule has 5 nitrogen and oxygen atoms in total. The maximum Gasteiger partial charge on any atom is 0.411 e. The van der Waals surface area contributed by atoms with Gasteiger partial charge in [-0.2, -0.15) is 0 Å². The molecule has 5 heteroatoms. The van der Waals surface area contributed by atoms with Gasteiger partial charge in [0.2, 0.25) is 0 Å². The Balaban J connectivity index is 2.71. The summed E-state index contributed by atoms with van der Waals surface area (Å²) in [5.41, 5.74) is 0.500. The molecule has 0 aliphatic carbocycles. The van der Waals surface area contributed by atoms with Gasteiger partial charge in [0.25, 0.3) is 0 Å². The maximum absolute atomic E-state index is 11.3. The summed E-state index contributed by atoms with van der Waals surface area (Å²) in [7, 11) is 1.44. The summed E-state index contributed by atoms with van der Waals surface area (Å²) in [4.78, 5) is 11.3. The summed E-state index contributed by atoms with van der Waals surface area (Å²) in [6.45, 7) is 3.52. The molecule has 0 unspecified atom stereocenters. The van der Waals surface area contributed by atoms with Crippen molar-refractivity contribution in [1.29, 1.82) is 0 Å². The monoisotopic (exact) mass is 225 g/mol. The highest BCUT2D eigenvalue weighted by atomic mass is 16.6. The Hall–Kier alpha value is -1.91. The lowest BCUT2D eigenvalue weighted by molar-refractivity contribution is 0.130. The van der Waals surface area contributed by atoms with E-state index in [1.165, 1.54) is 19.2 Å². The molecule has 0 saturated carbocycles. The topological polar surface area (TPSA) is 67.8 Å². The van der Waals surface area contributed by atoms with Gasteiger partial charge in [-0.3, -0.25) is 5.32 Å². The summed E-state index contributed by atoms with van der Waals surface area (Å²) < 4.78 is 9.81. The molecule has 0 spiro atoms. The summed E-state index contributed by atoms with van der Waals surface area (Å²) in [6.07, 6.45) is -0.721. The molecule has 0 aliphatic heterocycles. The minimum Gasteiger partial charge on any atom is -0.504 e. The zero-order valence-electron chi connectivity index (χ0n) is 9.48. The Morgan fingerprint density at radius 2 is 2.12 bits per heavy atom. The third-order valence-electron chi connectivity index (χ3n) is 1.77. The van der Waals surface area contributed by atoms with E-state index in [2.05, 4.69) is 5.32 Å². The molecule has 16 heavy (non-hydrogen) atoms. The van der Waals surface area contributed by atoms with Gasteiger partial charge in [0.1, 0.15) is 0 Å². The van der Waals surface area contributed by atoms with E-state index in [1.54, 1.807) is 19.9 Å². The van der Waals surface area contributed by atoms with Crippen LogP contribution >= 0.6 is 0 Å². The van der Waals surface area contributed by atoms with Crippen LogP contribution in [-0.2, 0) is 4.74 Å².